The third kappa shape index (κ3) is 4.00. The van der Waals surface area contributed by atoms with Gasteiger partial charge in [0, 0.05) is 5.54 Å². The minimum Gasteiger partial charge on any atom is -0.415 e. The fraction of sp³-hybridized carbons (Fsp3) is 0.882. The van der Waals surface area contributed by atoms with Gasteiger partial charge in [-0.3, -0.25) is 14.9 Å². The molecule has 0 aromatic heterocycles. The summed E-state index contributed by atoms with van der Waals surface area (Å²) in [6, 6.07) is -0.425. The Kier molecular flexibility index (Phi) is 4.94. The Morgan fingerprint density at radius 1 is 1.29 bits per heavy atom. The maximum atomic E-state index is 12.5. The number of rotatable bonds is 4. The molecule has 0 saturated carbocycles. The molecule has 138 valence electrons. The van der Waals surface area contributed by atoms with Crippen LogP contribution in [0.2, 0.25) is 18.1 Å². The summed E-state index contributed by atoms with van der Waals surface area (Å²) in [4.78, 5) is 26.4. The summed E-state index contributed by atoms with van der Waals surface area (Å²) in [6.07, 6.45) is 0. The van der Waals surface area contributed by atoms with Gasteiger partial charge in [0.25, 0.3) is 0 Å². The van der Waals surface area contributed by atoms with Crippen molar-refractivity contribution in [1.29, 1.82) is 0 Å². The molecule has 0 aliphatic carbocycles. The molecule has 3 atom stereocenters. The van der Waals surface area contributed by atoms with Gasteiger partial charge in [-0.1, -0.05) is 20.8 Å². The normalized spacial score (nSPS) is 27.8. The molecular formula is C17H33N3O3Si. The molecule has 0 radical (unpaired) electrons. The SMILES string of the molecule is CC(C)(C)NC(=O)[C@@H]1NCC(=O)N2[C@@H]1[C@H]2CO[Si](C)(C)C(C)(C)C. The Balaban J connectivity index is 2.01. The molecule has 6 nitrogen and oxygen atoms in total. The third-order valence-electron chi connectivity index (χ3n) is 5.29. The van der Waals surface area contributed by atoms with E-state index in [-0.39, 0.29) is 47.1 Å². The van der Waals surface area contributed by atoms with E-state index in [1.54, 1.807) is 0 Å². The zero-order chi connectivity index (χ0) is 18.5. The first-order chi connectivity index (χ1) is 10.7. The van der Waals surface area contributed by atoms with E-state index in [0.29, 0.717) is 6.61 Å². The van der Waals surface area contributed by atoms with Crippen LogP contribution in [0, 0.1) is 0 Å². The highest BCUT2D eigenvalue weighted by molar-refractivity contribution is 6.74. The largest absolute Gasteiger partial charge is 0.415 e. The van der Waals surface area contributed by atoms with Gasteiger partial charge >= 0.3 is 0 Å². The predicted molar refractivity (Wildman–Crippen MR) is 97.3 cm³/mol. The number of nitrogens with one attached hydrogen (secondary N) is 2. The van der Waals surface area contributed by atoms with Crippen LogP contribution in [-0.4, -0.2) is 61.8 Å². The van der Waals surface area contributed by atoms with Crippen molar-refractivity contribution in [1.82, 2.24) is 15.5 Å². The zero-order valence-corrected chi connectivity index (χ0v) is 17.3. The minimum absolute atomic E-state index is 0.0114. The van der Waals surface area contributed by atoms with Gasteiger partial charge in [-0.2, -0.15) is 0 Å². The van der Waals surface area contributed by atoms with Gasteiger partial charge in [0.2, 0.25) is 11.8 Å². The van der Waals surface area contributed by atoms with Crippen molar-refractivity contribution in [3.63, 3.8) is 0 Å². The molecule has 2 saturated heterocycles. The van der Waals surface area contributed by atoms with Crippen molar-refractivity contribution in [2.24, 2.45) is 0 Å². The molecule has 7 heteroatoms. The molecule has 2 aliphatic heterocycles. The number of piperazine rings is 1. The fourth-order valence-electron chi connectivity index (χ4n) is 2.83. The average Bonchev–Trinajstić information content (AvgIpc) is 3.08. The van der Waals surface area contributed by atoms with E-state index in [0.717, 1.165) is 0 Å². The lowest BCUT2D eigenvalue weighted by molar-refractivity contribution is -0.130. The van der Waals surface area contributed by atoms with Crippen LogP contribution < -0.4 is 10.6 Å². The van der Waals surface area contributed by atoms with Crippen LogP contribution in [0.25, 0.3) is 0 Å². The molecule has 0 spiro atoms. The first-order valence-corrected chi connectivity index (χ1v) is 11.7. The van der Waals surface area contributed by atoms with Gasteiger partial charge in [-0.15, -0.1) is 0 Å². The summed E-state index contributed by atoms with van der Waals surface area (Å²) in [5.74, 6) is 0.0171. The Bertz CT molecular complexity index is 522. The monoisotopic (exact) mass is 355 g/mol. The predicted octanol–water partition coefficient (Wildman–Crippen LogP) is 1.47. The summed E-state index contributed by atoms with van der Waals surface area (Å²) in [5, 5.41) is 6.23. The lowest BCUT2D eigenvalue weighted by atomic mass is 10.1. The highest BCUT2D eigenvalue weighted by Crippen LogP contribution is 2.39. The quantitative estimate of drug-likeness (QED) is 0.592. The number of nitrogens with zero attached hydrogens (tertiary/aromatic N) is 1. The van der Waals surface area contributed by atoms with E-state index in [1.165, 1.54) is 0 Å². The number of hydrogen-bond acceptors (Lipinski definition) is 4. The van der Waals surface area contributed by atoms with Crippen molar-refractivity contribution in [3.8, 4) is 0 Å². The zero-order valence-electron chi connectivity index (χ0n) is 16.3. The molecule has 2 fully saturated rings. The van der Waals surface area contributed by atoms with E-state index in [4.69, 9.17) is 4.43 Å². The van der Waals surface area contributed by atoms with Gasteiger partial charge in [-0.25, -0.2) is 0 Å². The van der Waals surface area contributed by atoms with Crippen molar-refractivity contribution in [3.05, 3.63) is 0 Å². The van der Waals surface area contributed by atoms with Crippen molar-refractivity contribution in [2.75, 3.05) is 13.2 Å². The van der Waals surface area contributed by atoms with Crippen LogP contribution in [-0.2, 0) is 14.0 Å². The average molecular weight is 356 g/mol. The maximum absolute atomic E-state index is 12.5. The van der Waals surface area contributed by atoms with Crippen molar-refractivity contribution in [2.45, 2.75) is 83.3 Å². The summed E-state index contributed by atoms with van der Waals surface area (Å²) < 4.78 is 6.27. The van der Waals surface area contributed by atoms with Crippen LogP contribution in [0.5, 0.6) is 0 Å². The number of amides is 2. The Labute approximate surface area is 146 Å². The number of carbonyl (C=O) groups is 2. The van der Waals surface area contributed by atoms with Gasteiger partial charge in [0.1, 0.15) is 6.04 Å². The standard InChI is InChI=1S/C17H33N3O3Si/c1-16(2,3)19-15(22)13-14-11(20(14)12(21)9-18-13)10-23-24(7,8)17(4,5)6/h11,13-14,18H,9-10H2,1-8H3,(H,19,22)/t11-,13-,14-,20?/m1/s1. The smallest absolute Gasteiger partial charge is 0.239 e. The second-order valence-electron chi connectivity index (χ2n) is 9.53. The fourth-order valence-corrected chi connectivity index (χ4v) is 3.85. The van der Waals surface area contributed by atoms with E-state index >= 15 is 0 Å². The first-order valence-electron chi connectivity index (χ1n) is 8.75. The Morgan fingerprint density at radius 3 is 2.38 bits per heavy atom. The third-order valence-corrected chi connectivity index (χ3v) is 9.79. The van der Waals surface area contributed by atoms with Crippen molar-refractivity contribution >= 4 is 20.1 Å². The molecule has 0 aromatic rings. The Hall–Kier alpha value is -0.923. The lowest BCUT2D eigenvalue weighted by Crippen LogP contribution is -2.57. The summed E-state index contributed by atoms with van der Waals surface area (Å²) in [7, 11) is -1.86. The molecule has 2 heterocycles. The van der Waals surface area contributed by atoms with Gasteiger partial charge in [-0.05, 0) is 38.9 Å². The van der Waals surface area contributed by atoms with Gasteiger partial charge in [0.05, 0.1) is 25.2 Å². The minimum atomic E-state index is -1.86. The second kappa shape index (κ2) is 6.11. The van der Waals surface area contributed by atoms with Crippen LogP contribution in [0.1, 0.15) is 41.5 Å². The topological polar surface area (TPSA) is 70.4 Å². The highest BCUT2D eigenvalue weighted by atomic mass is 28.4. The maximum Gasteiger partial charge on any atom is 0.239 e. The van der Waals surface area contributed by atoms with Crippen molar-refractivity contribution < 1.29 is 14.0 Å². The first kappa shape index (κ1) is 19.4. The molecule has 2 rings (SSSR count). The van der Waals surface area contributed by atoms with Crippen LogP contribution >= 0.6 is 0 Å². The molecule has 0 aromatic carbocycles. The van der Waals surface area contributed by atoms with Crippen LogP contribution in [0.4, 0.5) is 0 Å². The molecule has 0 unspecified atom stereocenters. The number of hydrogen-bond donors (Lipinski definition) is 2. The van der Waals surface area contributed by atoms with E-state index in [9.17, 15) is 9.59 Å². The Morgan fingerprint density at radius 2 is 1.88 bits per heavy atom. The number of carbonyl (C=O) groups excluding carboxylic acids is 2. The number of fused-ring (bicyclic) bond motifs is 1. The van der Waals surface area contributed by atoms with Crippen LogP contribution in [0.15, 0.2) is 0 Å². The lowest BCUT2D eigenvalue weighted by Gasteiger charge is -2.36. The van der Waals surface area contributed by atoms with Crippen LogP contribution in [0.3, 0.4) is 0 Å². The summed E-state index contributed by atoms with van der Waals surface area (Å²) in [6.45, 7) is 17.6. The van der Waals surface area contributed by atoms with Gasteiger partial charge in [0.15, 0.2) is 8.32 Å². The molecule has 2 aliphatic rings. The highest BCUT2D eigenvalue weighted by Gasteiger charge is 2.60. The van der Waals surface area contributed by atoms with E-state index in [2.05, 4.69) is 44.5 Å². The molecule has 2 N–H and O–H groups in total. The van der Waals surface area contributed by atoms with E-state index in [1.807, 2.05) is 25.7 Å². The second-order valence-corrected chi connectivity index (χ2v) is 14.3. The van der Waals surface area contributed by atoms with E-state index < -0.39 is 8.32 Å². The summed E-state index contributed by atoms with van der Waals surface area (Å²) in [5.41, 5.74) is -0.285. The molecule has 0 bridgehead atoms. The summed E-state index contributed by atoms with van der Waals surface area (Å²) >= 11 is 0. The molecular weight excluding hydrogens is 322 g/mol. The molecule has 2 amide bonds. The van der Waals surface area contributed by atoms with Gasteiger partial charge < -0.3 is 14.6 Å². The molecule has 24 heavy (non-hydrogen) atoms.